The van der Waals surface area contributed by atoms with Crippen LogP contribution in [-0.2, 0) is 4.74 Å². The highest BCUT2D eigenvalue weighted by Gasteiger charge is 2.10. The molecule has 1 aromatic rings. The van der Waals surface area contributed by atoms with E-state index >= 15 is 0 Å². The van der Waals surface area contributed by atoms with Gasteiger partial charge >= 0.3 is 5.97 Å². The highest BCUT2D eigenvalue weighted by Crippen LogP contribution is 2.11. The molecule has 0 aliphatic rings. The van der Waals surface area contributed by atoms with Crippen LogP contribution in [-0.4, -0.2) is 24.6 Å². The molecule has 14 heavy (non-hydrogen) atoms. The molecule has 1 aromatic heterocycles. The fourth-order valence-corrected chi connectivity index (χ4v) is 0.956. The normalized spacial score (nSPS) is 8.86. The van der Waals surface area contributed by atoms with E-state index in [1.165, 1.54) is 7.11 Å². The third kappa shape index (κ3) is 2.23. The highest BCUT2D eigenvalue weighted by molar-refractivity contribution is 5.94. The molecule has 72 valence electrons. The summed E-state index contributed by atoms with van der Waals surface area (Å²) in [5.74, 6) is 2.41. The molecule has 0 aromatic carbocycles. The molecular weight excluding hydrogens is 180 g/mol. The lowest BCUT2D eigenvalue weighted by Crippen LogP contribution is -2.09. The first-order chi connectivity index (χ1) is 6.79. The number of aromatic nitrogens is 1. The summed E-state index contributed by atoms with van der Waals surface area (Å²) in [4.78, 5) is 15.2. The minimum atomic E-state index is -0.433. The van der Waals surface area contributed by atoms with Crippen molar-refractivity contribution in [2.24, 2.45) is 0 Å². The average Bonchev–Trinajstić information content (AvgIpc) is 2.25. The summed E-state index contributed by atoms with van der Waals surface area (Å²) < 4.78 is 4.59. The van der Waals surface area contributed by atoms with Gasteiger partial charge < -0.3 is 10.1 Å². The van der Waals surface area contributed by atoms with Crippen LogP contribution in [0.1, 0.15) is 10.4 Å². The van der Waals surface area contributed by atoms with E-state index in [4.69, 9.17) is 6.42 Å². The van der Waals surface area contributed by atoms with Crippen LogP contribution in [0.15, 0.2) is 18.3 Å². The summed E-state index contributed by atoms with van der Waals surface area (Å²) in [5.41, 5.74) is 0.380. The molecule has 0 unspecified atom stereocenters. The van der Waals surface area contributed by atoms with Crippen molar-refractivity contribution in [2.75, 3.05) is 19.0 Å². The molecule has 0 spiro atoms. The van der Waals surface area contributed by atoms with Gasteiger partial charge in [-0.15, -0.1) is 6.42 Å². The van der Waals surface area contributed by atoms with Crippen molar-refractivity contribution in [3.63, 3.8) is 0 Å². The lowest BCUT2D eigenvalue weighted by atomic mass is 10.2. The Bertz CT molecular complexity index is 369. The number of pyridine rings is 1. The van der Waals surface area contributed by atoms with Crippen LogP contribution >= 0.6 is 0 Å². The van der Waals surface area contributed by atoms with Crippen LogP contribution in [0.25, 0.3) is 0 Å². The number of nitrogens with zero attached hydrogens (tertiary/aromatic N) is 1. The summed E-state index contributed by atoms with van der Waals surface area (Å²) in [6, 6.07) is 3.28. The number of terminal acetylenes is 1. The van der Waals surface area contributed by atoms with Crippen LogP contribution < -0.4 is 5.32 Å². The molecule has 1 rings (SSSR count). The summed E-state index contributed by atoms with van der Waals surface area (Å²) in [6.07, 6.45) is 6.65. The number of carbonyl (C=O) groups is 1. The van der Waals surface area contributed by atoms with E-state index in [0.717, 1.165) is 0 Å². The van der Waals surface area contributed by atoms with Crippen molar-refractivity contribution in [1.82, 2.24) is 4.98 Å². The minimum absolute atomic E-state index is 0.320. The fraction of sp³-hybridized carbons (Fsp3) is 0.200. The zero-order chi connectivity index (χ0) is 10.4. The van der Waals surface area contributed by atoms with Gasteiger partial charge in [-0.25, -0.2) is 9.78 Å². The summed E-state index contributed by atoms with van der Waals surface area (Å²) in [7, 11) is 1.32. The van der Waals surface area contributed by atoms with Crippen molar-refractivity contribution in [3.8, 4) is 12.3 Å². The Balaban J connectivity index is 2.92. The third-order valence-corrected chi connectivity index (χ3v) is 1.57. The van der Waals surface area contributed by atoms with Gasteiger partial charge in [-0.05, 0) is 12.1 Å². The lowest BCUT2D eigenvalue weighted by molar-refractivity contribution is 0.0601. The summed E-state index contributed by atoms with van der Waals surface area (Å²) >= 11 is 0. The Kier molecular flexibility index (Phi) is 3.50. The molecule has 0 aliphatic heterocycles. The van der Waals surface area contributed by atoms with Crippen molar-refractivity contribution in [3.05, 3.63) is 23.9 Å². The average molecular weight is 190 g/mol. The molecule has 0 saturated heterocycles. The molecule has 4 nitrogen and oxygen atoms in total. The first-order valence-electron chi connectivity index (χ1n) is 4.00. The van der Waals surface area contributed by atoms with Gasteiger partial charge in [0.05, 0.1) is 13.7 Å². The van der Waals surface area contributed by atoms with E-state index in [9.17, 15) is 4.79 Å². The number of hydrogen-bond donors (Lipinski definition) is 1. The van der Waals surface area contributed by atoms with Crippen LogP contribution in [0.3, 0.4) is 0 Å². The van der Waals surface area contributed by atoms with Crippen LogP contribution in [0.2, 0.25) is 0 Å². The van der Waals surface area contributed by atoms with Crippen molar-refractivity contribution < 1.29 is 9.53 Å². The topological polar surface area (TPSA) is 51.2 Å². The SMILES string of the molecule is C#CCNc1ncccc1C(=O)OC. The van der Waals surface area contributed by atoms with Gasteiger partial charge in [0.1, 0.15) is 11.4 Å². The molecule has 0 amide bonds. The Morgan fingerprint density at radius 1 is 1.79 bits per heavy atom. The zero-order valence-electron chi connectivity index (χ0n) is 7.78. The molecule has 0 saturated carbocycles. The Morgan fingerprint density at radius 3 is 3.21 bits per heavy atom. The number of nitrogens with one attached hydrogen (secondary N) is 1. The maximum atomic E-state index is 11.2. The monoisotopic (exact) mass is 190 g/mol. The van der Waals surface area contributed by atoms with Crippen LogP contribution in [0.5, 0.6) is 0 Å². The Labute approximate surface area is 82.3 Å². The first-order valence-corrected chi connectivity index (χ1v) is 4.00. The van der Waals surface area contributed by atoms with E-state index < -0.39 is 5.97 Å². The largest absolute Gasteiger partial charge is 0.465 e. The van der Waals surface area contributed by atoms with Crippen molar-refractivity contribution >= 4 is 11.8 Å². The first kappa shape index (κ1) is 10.1. The molecule has 0 fully saturated rings. The molecule has 4 heteroatoms. The van der Waals surface area contributed by atoms with Crippen LogP contribution in [0.4, 0.5) is 5.82 Å². The van der Waals surface area contributed by atoms with E-state index in [1.54, 1.807) is 18.3 Å². The molecule has 0 radical (unpaired) electrons. The number of carbonyl (C=O) groups excluding carboxylic acids is 1. The van der Waals surface area contributed by atoms with E-state index in [-0.39, 0.29) is 0 Å². The van der Waals surface area contributed by atoms with Gasteiger partial charge in [0.25, 0.3) is 0 Å². The maximum Gasteiger partial charge on any atom is 0.341 e. The van der Waals surface area contributed by atoms with Crippen LogP contribution in [0, 0.1) is 12.3 Å². The van der Waals surface area contributed by atoms with Gasteiger partial charge in [-0.3, -0.25) is 0 Å². The molecule has 0 bridgehead atoms. The molecule has 0 aliphatic carbocycles. The second-order valence-electron chi connectivity index (χ2n) is 2.45. The Morgan fingerprint density at radius 2 is 2.57 bits per heavy atom. The maximum absolute atomic E-state index is 11.2. The number of rotatable bonds is 3. The standard InChI is InChI=1S/C10H10N2O2/c1-3-6-11-9-8(10(13)14-2)5-4-7-12-9/h1,4-5,7H,6H2,2H3,(H,11,12). The molecule has 1 heterocycles. The molecule has 1 N–H and O–H groups in total. The molecular formula is C10H10N2O2. The van der Waals surface area contributed by atoms with Gasteiger partial charge in [0.15, 0.2) is 0 Å². The number of esters is 1. The number of methoxy groups -OCH3 is 1. The fourth-order valence-electron chi connectivity index (χ4n) is 0.956. The zero-order valence-corrected chi connectivity index (χ0v) is 7.78. The molecule has 0 atom stereocenters. The van der Waals surface area contributed by atoms with Crippen molar-refractivity contribution in [2.45, 2.75) is 0 Å². The van der Waals surface area contributed by atoms with Gasteiger partial charge in [-0.1, -0.05) is 5.92 Å². The second-order valence-corrected chi connectivity index (χ2v) is 2.45. The predicted octanol–water partition coefficient (Wildman–Crippen LogP) is 0.913. The smallest absolute Gasteiger partial charge is 0.341 e. The number of ether oxygens (including phenoxy) is 1. The summed E-state index contributed by atoms with van der Waals surface area (Å²) in [5, 5.41) is 2.83. The van der Waals surface area contributed by atoms with E-state index in [1.807, 2.05) is 0 Å². The quantitative estimate of drug-likeness (QED) is 0.568. The van der Waals surface area contributed by atoms with E-state index in [0.29, 0.717) is 17.9 Å². The lowest BCUT2D eigenvalue weighted by Gasteiger charge is -2.06. The minimum Gasteiger partial charge on any atom is -0.465 e. The van der Waals surface area contributed by atoms with E-state index in [2.05, 4.69) is 21.0 Å². The predicted molar refractivity (Wildman–Crippen MR) is 52.9 cm³/mol. The second kappa shape index (κ2) is 4.87. The third-order valence-electron chi connectivity index (χ3n) is 1.57. The number of hydrogen-bond acceptors (Lipinski definition) is 4. The van der Waals surface area contributed by atoms with Gasteiger partial charge in [-0.2, -0.15) is 0 Å². The van der Waals surface area contributed by atoms with Crippen molar-refractivity contribution in [1.29, 1.82) is 0 Å². The number of anilines is 1. The summed E-state index contributed by atoms with van der Waals surface area (Å²) in [6.45, 7) is 0.320. The Hall–Kier alpha value is -2.02. The van der Waals surface area contributed by atoms with Gasteiger partial charge in [0.2, 0.25) is 0 Å². The van der Waals surface area contributed by atoms with Gasteiger partial charge in [0, 0.05) is 6.20 Å². The highest BCUT2D eigenvalue weighted by atomic mass is 16.5.